The zero-order valence-electron chi connectivity index (χ0n) is 17.8. The predicted molar refractivity (Wildman–Crippen MR) is 115 cm³/mol. The Labute approximate surface area is 182 Å². The average molecular weight is 424 g/mol. The molecule has 2 aliphatic rings. The van der Waals surface area contributed by atoms with Crippen molar-refractivity contribution in [2.24, 2.45) is 0 Å². The first-order chi connectivity index (χ1) is 14.8. The number of hydrogen-bond donors (Lipinski definition) is 2. The molecular formula is C25H28O6. The van der Waals surface area contributed by atoms with Gasteiger partial charge in [-0.25, -0.2) is 4.79 Å². The second-order valence-corrected chi connectivity index (χ2v) is 8.54. The molecule has 6 heteroatoms. The first-order valence-electron chi connectivity index (χ1n) is 10.5. The summed E-state index contributed by atoms with van der Waals surface area (Å²) in [7, 11) is 0. The van der Waals surface area contributed by atoms with Gasteiger partial charge in [-0.05, 0) is 55.2 Å². The predicted octanol–water partition coefficient (Wildman–Crippen LogP) is 3.84. The maximum absolute atomic E-state index is 12.7. The number of phenolic OH excluding ortho intramolecular Hbond substituents is 2. The van der Waals surface area contributed by atoms with E-state index in [0.717, 1.165) is 16.7 Å². The summed E-state index contributed by atoms with van der Waals surface area (Å²) in [4.78, 5) is 12.7. The summed E-state index contributed by atoms with van der Waals surface area (Å²) in [6.45, 7) is 5.52. The van der Waals surface area contributed by atoms with Crippen LogP contribution in [0.15, 0.2) is 59.7 Å². The highest BCUT2D eigenvalue weighted by molar-refractivity contribution is 5.88. The third-order valence-electron chi connectivity index (χ3n) is 6.09. The van der Waals surface area contributed by atoms with Crippen LogP contribution in [0.2, 0.25) is 0 Å². The van der Waals surface area contributed by atoms with Gasteiger partial charge in [-0.15, -0.1) is 0 Å². The molecule has 0 spiro atoms. The van der Waals surface area contributed by atoms with Gasteiger partial charge in [-0.2, -0.15) is 0 Å². The van der Waals surface area contributed by atoms with Gasteiger partial charge in [0.25, 0.3) is 0 Å². The van der Waals surface area contributed by atoms with Crippen molar-refractivity contribution in [1.82, 2.24) is 0 Å². The molecule has 0 radical (unpaired) electrons. The lowest BCUT2D eigenvalue weighted by Gasteiger charge is -2.33. The van der Waals surface area contributed by atoms with E-state index >= 15 is 0 Å². The molecule has 164 valence electrons. The number of rotatable bonds is 9. The lowest BCUT2D eigenvalue weighted by atomic mass is 9.70. The number of phenols is 2. The highest BCUT2D eigenvalue weighted by Crippen LogP contribution is 2.41. The Bertz CT molecular complexity index is 907. The van der Waals surface area contributed by atoms with Crippen LogP contribution in [0.1, 0.15) is 37.8 Å². The zero-order valence-corrected chi connectivity index (χ0v) is 17.8. The number of hydrogen-bond acceptors (Lipinski definition) is 6. The summed E-state index contributed by atoms with van der Waals surface area (Å²) < 4.78 is 16.0. The van der Waals surface area contributed by atoms with Crippen molar-refractivity contribution in [3.05, 3.63) is 70.8 Å². The molecule has 2 aromatic carbocycles. The first-order valence-corrected chi connectivity index (χ1v) is 10.5. The van der Waals surface area contributed by atoms with Crippen LogP contribution in [-0.2, 0) is 24.4 Å². The minimum Gasteiger partial charge on any atom is -0.508 e. The van der Waals surface area contributed by atoms with Gasteiger partial charge < -0.3 is 24.4 Å². The van der Waals surface area contributed by atoms with Crippen molar-refractivity contribution >= 4 is 5.97 Å². The molecule has 2 aliphatic heterocycles. The van der Waals surface area contributed by atoms with Gasteiger partial charge in [0.1, 0.15) is 24.2 Å². The Morgan fingerprint density at radius 1 is 0.968 bits per heavy atom. The topological polar surface area (TPSA) is 91.8 Å². The largest absolute Gasteiger partial charge is 0.508 e. The quantitative estimate of drug-likeness (QED) is 0.361. The van der Waals surface area contributed by atoms with Crippen LogP contribution in [0.4, 0.5) is 0 Å². The van der Waals surface area contributed by atoms with E-state index in [4.69, 9.17) is 14.2 Å². The third-order valence-corrected chi connectivity index (χ3v) is 6.09. The van der Waals surface area contributed by atoms with Crippen molar-refractivity contribution in [1.29, 1.82) is 0 Å². The molecular weight excluding hydrogens is 396 g/mol. The first kappa shape index (κ1) is 21.4. The molecule has 0 amide bonds. The minimum absolute atomic E-state index is 0.0197. The number of aromatic hydroxyl groups is 2. The van der Waals surface area contributed by atoms with Crippen LogP contribution in [0.5, 0.6) is 11.5 Å². The Morgan fingerprint density at radius 2 is 1.45 bits per heavy atom. The maximum Gasteiger partial charge on any atom is 0.333 e. The summed E-state index contributed by atoms with van der Waals surface area (Å²) >= 11 is 0. The number of epoxide rings is 2. The van der Waals surface area contributed by atoms with E-state index in [-0.39, 0.29) is 36.3 Å². The van der Waals surface area contributed by atoms with Gasteiger partial charge in [0.15, 0.2) is 0 Å². The number of benzene rings is 2. The molecule has 2 saturated heterocycles. The molecule has 2 unspecified atom stereocenters. The normalized spacial score (nSPS) is 20.7. The molecule has 2 N–H and O–H groups in total. The summed E-state index contributed by atoms with van der Waals surface area (Å²) in [6.07, 6.45) is 1.37. The van der Waals surface area contributed by atoms with Crippen molar-refractivity contribution in [2.45, 2.75) is 44.3 Å². The molecule has 0 saturated carbocycles. The molecule has 4 rings (SSSR count). The maximum atomic E-state index is 12.7. The molecule has 0 bridgehead atoms. The Morgan fingerprint density at radius 3 is 1.90 bits per heavy atom. The summed E-state index contributed by atoms with van der Waals surface area (Å²) in [6, 6.07) is 14.2. The van der Waals surface area contributed by atoms with Gasteiger partial charge in [-0.1, -0.05) is 36.8 Å². The third kappa shape index (κ3) is 5.27. The number of ether oxygens (including phenoxy) is 3. The SMILES string of the molecule is CC(C(=O)OCC1CO1)=C(CC1CO1)CC(C)(c1ccc(O)cc1)c1ccc(O)cc1. The van der Waals surface area contributed by atoms with E-state index in [9.17, 15) is 15.0 Å². The van der Waals surface area contributed by atoms with E-state index in [0.29, 0.717) is 31.6 Å². The van der Waals surface area contributed by atoms with E-state index in [1.54, 1.807) is 24.3 Å². The molecule has 2 atom stereocenters. The zero-order chi connectivity index (χ0) is 22.0. The average Bonchev–Trinajstić information content (AvgIpc) is 3.67. The monoisotopic (exact) mass is 424 g/mol. The van der Waals surface area contributed by atoms with Crippen LogP contribution >= 0.6 is 0 Å². The molecule has 2 heterocycles. The van der Waals surface area contributed by atoms with Crippen LogP contribution < -0.4 is 0 Å². The second kappa shape index (κ2) is 8.73. The van der Waals surface area contributed by atoms with Crippen LogP contribution in [0, 0.1) is 0 Å². The Balaban J connectivity index is 1.69. The van der Waals surface area contributed by atoms with Gasteiger partial charge in [-0.3, -0.25) is 0 Å². The molecule has 0 aliphatic carbocycles. The van der Waals surface area contributed by atoms with E-state index in [2.05, 4.69) is 6.92 Å². The highest BCUT2D eigenvalue weighted by atomic mass is 16.6. The number of carbonyl (C=O) groups is 1. The molecule has 2 fully saturated rings. The van der Waals surface area contributed by atoms with Crippen molar-refractivity contribution < 1.29 is 29.2 Å². The Kier molecular flexibility index (Phi) is 6.03. The van der Waals surface area contributed by atoms with E-state index in [1.165, 1.54) is 0 Å². The summed E-state index contributed by atoms with van der Waals surface area (Å²) in [5, 5.41) is 19.6. The van der Waals surface area contributed by atoms with Crippen molar-refractivity contribution in [3.63, 3.8) is 0 Å². The fraction of sp³-hybridized carbons (Fsp3) is 0.400. The smallest absolute Gasteiger partial charge is 0.333 e. The molecule has 2 aromatic rings. The van der Waals surface area contributed by atoms with E-state index in [1.807, 2.05) is 31.2 Å². The fourth-order valence-electron chi connectivity index (χ4n) is 3.86. The summed E-state index contributed by atoms with van der Waals surface area (Å²) in [5.74, 6) is 0.0620. The number of esters is 1. The van der Waals surface area contributed by atoms with Crippen LogP contribution in [0.3, 0.4) is 0 Å². The summed E-state index contributed by atoms with van der Waals surface area (Å²) in [5.41, 5.74) is 3.08. The van der Waals surface area contributed by atoms with E-state index < -0.39 is 5.41 Å². The highest BCUT2D eigenvalue weighted by Gasteiger charge is 2.35. The molecule has 31 heavy (non-hydrogen) atoms. The number of carbonyl (C=O) groups excluding carboxylic acids is 1. The molecule has 0 aromatic heterocycles. The minimum atomic E-state index is -0.493. The van der Waals surface area contributed by atoms with Gasteiger partial charge >= 0.3 is 5.97 Å². The van der Waals surface area contributed by atoms with Gasteiger partial charge in [0, 0.05) is 11.0 Å². The van der Waals surface area contributed by atoms with Crippen LogP contribution in [0.25, 0.3) is 0 Å². The lowest BCUT2D eigenvalue weighted by Crippen LogP contribution is -2.26. The standard InChI is InChI=1S/C25H28O6/c1-16(24(28)31-15-23-14-30-23)17(11-22-13-29-22)12-25(2,18-3-7-20(26)8-4-18)19-5-9-21(27)10-6-19/h3-10,22-23,26-27H,11-15H2,1-2H3. The van der Waals surface area contributed by atoms with Crippen LogP contribution in [-0.4, -0.2) is 48.2 Å². The van der Waals surface area contributed by atoms with Crippen molar-refractivity contribution in [3.8, 4) is 11.5 Å². The van der Waals surface area contributed by atoms with Gasteiger partial charge in [0.05, 0.1) is 19.3 Å². The Hall–Kier alpha value is -2.83. The van der Waals surface area contributed by atoms with Crippen molar-refractivity contribution in [2.75, 3.05) is 19.8 Å². The van der Waals surface area contributed by atoms with Gasteiger partial charge in [0.2, 0.25) is 0 Å². The lowest BCUT2D eigenvalue weighted by molar-refractivity contribution is -0.139. The fourth-order valence-corrected chi connectivity index (χ4v) is 3.86. The second-order valence-electron chi connectivity index (χ2n) is 8.54. The molecule has 6 nitrogen and oxygen atoms in total.